The van der Waals surface area contributed by atoms with Crippen LogP contribution in [0.4, 0.5) is 4.79 Å². The van der Waals surface area contributed by atoms with Crippen LogP contribution in [0.3, 0.4) is 0 Å². The van der Waals surface area contributed by atoms with Gasteiger partial charge in [0.1, 0.15) is 5.60 Å². The summed E-state index contributed by atoms with van der Waals surface area (Å²) in [6, 6.07) is 12.3. The number of ether oxygens (including phenoxy) is 1. The van der Waals surface area contributed by atoms with Crippen molar-refractivity contribution in [2.45, 2.75) is 45.9 Å². The molecule has 1 atom stereocenters. The molecule has 4 nitrogen and oxygen atoms in total. The van der Waals surface area contributed by atoms with Gasteiger partial charge in [0.05, 0.1) is 0 Å². The fraction of sp³-hybridized carbons (Fsp3) is 0.421. The van der Waals surface area contributed by atoms with Crippen LogP contribution in [0.15, 0.2) is 36.4 Å². The van der Waals surface area contributed by atoms with Crippen LogP contribution in [0.25, 0.3) is 10.4 Å². The SMILES string of the molecule is C[C@@H](N)c1ccc(-c2ccccc2CN(C)C(=O)OC(C)(C)C)s1. The number of nitrogens with zero attached hydrogens (tertiary/aromatic N) is 1. The fourth-order valence-corrected chi connectivity index (χ4v) is 3.32. The van der Waals surface area contributed by atoms with Crippen molar-refractivity contribution in [3.05, 3.63) is 46.8 Å². The first kappa shape index (κ1) is 18.5. The van der Waals surface area contributed by atoms with E-state index < -0.39 is 5.60 Å². The van der Waals surface area contributed by atoms with Gasteiger partial charge in [-0.25, -0.2) is 4.79 Å². The van der Waals surface area contributed by atoms with Crippen molar-refractivity contribution in [1.82, 2.24) is 4.90 Å². The van der Waals surface area contributed by atoms with Crippen molar-refractivity contribution >= 4 is 17.4 Å². The maximum absolute atomic E-state index is 12.2. The van der Waals surface area contributed by atoms with Crippen molar-refractivity contribution in [2.75, 3.05) is 7.05 Å². The molecule has 5 heteroatoms. The summed E-state index contributed by atoms with van der Waals surface area (Å²) in [4.78, 5) is 16.1. The first-order chi connectivity index (χ1) is 11.2. The van der Waals surface area contributed by atoms with E-state index in [4.69, 9.17) is 10.5 Å². The summed E-state index contributed by atoms with van der Waals surface area (Å²) < 4.78 is 5.43. The summed E-state index contributed by atoms with van der Waals surface area (Å²) in [5.41, 5.74) is 7.68. The van der Waals surface area contributed by atoms with Crippen LogP contribution >= 0.6 is 11.3 Å². The lowest BCUT2D eigenvalue weighted by Gasteiger charge is -2.25. The molecule has 0 fully saturated rings. The lowest BCUT2D eigenvalue weighted by atomic mass is 10.1. The van der Waals surface area contributed by atoms with Gasteiger partial charge in [0.15, 0.2) is 0 Å². The minimum absolute atomic E-state index is 0.0281. The molecule has 0 aliphatic heterocycles. The summed E-state index contributed by atoms with van der Waals surface area (Å²) in [6.07, 6.45) is -0.320. The van der Waals surface area contributed by atoms with Crippen molar-refractivity contribution in [3.63, 3.8) is 0 Å². The molecule has 0 aliphatic rings. The number of thiophene rings is 1. The molecule has 2 aromatic rings. The molecule has 2 rings (SSSR count). The Kier molecular flexibility index (Phi) is 5.67. The van der Waals surface area contributed by atoms with E-state index in [1.807, 2.05) is 45.9 Å². The zero-order valence-electron chi connectivity index (χ0n) is 15.0. The van der Waals surface area contributed by atoms with Gasteiger partial charge in [-0.3, -0.25) is 0 Å². The van der Waals surface area contributed by atoms with Gasteiger partial charge in [-0.2, -0.15) is 0 Å². The summed E-state index contributed by atoms with van der Waals surface area (Å²) >= 11 is 1.69. The van der Waals surface area contributed by atoms with E-state index in [0.717, 1.165) is 20.9 Å². The minimum atomic E-state index is -0.495. The van der Waals surface area contributed by atoms with Crippen molar-refractivity contribution in [1.29, 1.82) is 0 Å². The van der Waals surface area contributed by atoms with Gasteiger partial charge >= 0.3 is 6.09 Å². The third kappa shape index (κ3) is 4.82. The summed E-state index contributed by atoms with van der Waals surface area (Å²) in [5.74, 6) is 0. The van der Waals surface area contributed by atoms with Crippen LogP contribution in [0.1, 0.15) is 44.2 Å². The molecule has 0 radical (unpaired) electrons. The number of nitrogens with two attached hydrogens (primary N) is 1. The summed E-state index contributed by atoms with van der Waals surface area (Å²) in [7, 11) is 1.76. The van der Waals surface area contributed by atoms with Gasteiger partial charge in [0.2, 0.25) is 0 Å². The van der Waals surface area contributed by atoms with Gasteiger partial charge < -0.3 is 15.4 Å². The topological polar surface area (TPSA) is 55.6 Å². The Morgan fingerprint density at radius 3 is 2.50 bits per heavy atom. The highest BCUT2D eigenvalue weighted by Gasteiger charge is 2.20. The van der Waals surface area contributed by atoms with Gasteiger partial charge in [0, 0.05) is 29.4 Å². The molecule has 0 saturated heterocycles. The second-order valence-electron chi connectivity index (χ2n) is 6.98. The molecule has 1 heterocycles. The zero-order valence-corrected chi connectivity index (χ0v) is 15.8. The van der Waals surface area contributed by atoms with Crippen LogP contribution in [0, 0.1) is 0 Å². The highest BCUT2D eigenvalue weighted by atomic mass is 32.1. The Morgan fingerprint density at radius 2 is 1.92 bits per heavy atom. The maximum atomic E-state index is 12.2. The molecule has 24 heavy (non-hydrogen) atoms. The van der Waals surface area contributed by atoms with Gasteiger partial charge in [-0.05, 0) is 51.0 Å². The molecule has 0 aliphatic carbocycles. The van der Waals surface area contributed by atoms with E-state index in [2.05, 4.69) is 18.2 Å². The van der Waals surface area contributed by atoms with Crippen LogP contribution < -0.4 is 5.73 Å². The second-order valence-corrected chi connectivity index (χ2v) is 8.10. The predicted molar refractivity (Wildman–Crippen MR) is 100 cm³/mol. The number of hydrogen-bond acceptors (Lipinski definition) is 4. The van der Waals surface area contributed by atoms with E-state index >= 15 is 0 Å². The monoisotopic (exact) mass is 346 g/mol. The summed E-state index contributed by atoms with van der Waals surface area (Å²) in [6.45, 7) is 8.09. The highest BCUT2D eigenvalue weighted by molar-refractivity contribution is 7.15. The molecule has 0 saturated carbocycles. The Bertz CT molecular complexity index is 701. The molecule has 1 aromatic carbocycles. The van der Waals surface area contributed by atoms with Crippen LogP contribution in [-0.2, 0) is 11.3 Å². The highest BCUT2D eigenvalue weighted by Crippen LogP contribution is 2.33. The minimum Gasteiger partial charge on any atom is -0.444 e. The summed E-state index contributed by atoms with van der Waals surface area (Å²) in [5, 5.41) is 0. The molecule has 1 aromatic heterocycles. The number of rotatable bonds is 4. The molecule has 0 spiro atoms. The average Bonchev–Trinajstić information content (AvgIpc) is 2.96. The van der Waals surface area contributed by atoms with Gasteiger partial charge in [-0.15, -0.1) is 11.3 Å². The van der Waals surface area contributed by atoms with Crippen molar-refractivity contribution < 1.29 is 9.53 Å². The third-order valence-corrected chi connectivity index (χ3v) is 4.79. The number of carbonyl (C=O) groups excluding carboxylic acids is 1. The van der Waals surface area contributed by atoms with E-state index in [9.17, 15) is 4.79 Å². The molecule has 0 unspecified atom stereocenters. The quantitative estimate of drug-likeness (QED) is 0.865. The van der Waals surface area contributed by atoms with E-state index in [-0.39, 0.29) is 12.1 Å². The van der Waals surface area contributed by atoms with Gasteiger partial charge in [-0.1, -0.05) is 24.3 Å². The zero-order chi connectivity index (χ0) is 17.9. The second kappa shape index (κ2) is 7.36. The molecule has 2 N–H and O–H groups in total. The molecule has 130 valence electrons. The standard InChI is InChI=1S/C19H26N2O2S/c1-13(20)16-10-11-17(24-16)15-9-7-6-8-14(15)12-21(5)18(22)23-19(2,3)4/h6-11,13H,12,20H2,1-5H3/t13-/m1/s1. The Morgan fingerprint density at radius 1 is 1.25 bits per heavy atom. The molecule has 0 bridgehead atoms. The van der Waals surface area contributed by atoms with Crippen molar-refractivity contribution in [3.8, 4) is 10.4 Å². The largest absolute Gasteiger partial charge is 0.444 e. The number of hydrogen-bond donors (Lipinski definition) is 1. The average molecular weight is 346 g/mol. The lowest BCUT2D eigenvalue weighted by molar-refractivity contribution is 0.0285. The van der Waals surface area contributed by atoms with E-state index in [0.29, 0.717) is 6.54 Å². The number of benzene rings is 1. The van der Waals surface area contributed by atoms with Crippen LogP contribution in [0.2, 0.25) is 0 Å². The smallest absolute Gasteiger partial charge is 0.410 e. The Labute approximate surface area is 148 Å². The predicted octanol–water partition coefficient (Wildman–Crippen LogP) is 4.80. The van der Waals surface area contributed by atoms with Crippen molar-refractivity contribution in [2.24, 2.45) is 5.73 Å². The number of carbonyl (C=O) groups is 1. The Balaban J connectivity index is 2.21. The maximum Gasteiger partial charge on any atom is 0.410 e. The van der Waals surface area contributed by atoms with Crippen LogP contribution in [0.5, 0.6) is 0 Å². The molecular formula is C19H26N2O2S. The third-order valence-electron chi connectivity index (χ3n) is 3.47. The van der Waals surface area contributed by atoms with E-state index in [1.165, 1.54) is 0 Å². The normalized spacial score (nSPS) is 12.8. The lowest BCUT2D eigenvalue weighted by Crippen LogP contribution is -2.33. The Hall–Kier alpha value is -1.85. The molecular weight excluding hydrogens is 320 g/mol. The fourth-order valence-electron chi connectivity index (χ4n) is 2.30. The van der Waals surface area contributed by atoms with E-state index in [1.54, 1.807) is 23.3 Å². The van der Waals surface area contributed by atoms with Crippen LogP contribution in [-0.4, -0.2) is 23.6 Å². The molecule has 1 amide bonds. The first-order valence-electron chi connectivity index (χ1n) is 8.05. The first-order valence-corrected chi connectivity index (χ1v) is 8.87. The van der Waals surface area contributed by atoms with Gasteiger partial charge in [0.25, 0.3) is 0 Å². The number of amides is 1.